The van der Waals surface area contributed by atoms with Crippen LogP contribution in [-0.2, 0) is 6.42 Å². The number of hydrogen-bond donors (Lipinski definition) is 2. The molecule has 0 amide bonds. The molecule has 0 spiro atoms. The quantitative estimate of drug-likeness (QED) is 0.871. The number of halogens is 1. The molecular weight excluding hydrogens is 242 g/mol. The van der Waals surface area contributed by atoms with Gasteiger partial charge in [-0.25, -0.2) is 0 Å². The molecule has 3 heteroatoms. The Bertz CT molecular complexity index is 323. The highest BCUT2D eigenvalue weighted by molar-refractivity contribution is 9.10. The van der Waals surface area contributed by atoms with Crippen molar-refractivity contribution in [1.82, 2.24) is 0 Å². The fraction of sp³-hybridized carbons (Fsp3) is 0.455. The Hall–Kier alpha value is -0.380. The molecule has 0 fully saturated rings. The molecule has 0 bridgehead atoms. The lowest BCUT2D eigenvalue weighted by atomic mass is 9.94. The first-order valence-corrected chi connectivity index (χ1v) is 5.39. The summed E-state index contributed by atoms with van der Waals surface area (Å²) in [6, 6.07) is 6.14. The lowest BCUT2D eigenvalue weighted by molar-refractivity contribution is 0.208. The molecule has 0 aliphatic carbocycles. The highest BCUT2D eigenvalue weighted by atomic mass is 79.9. The second-order valence-electron chi connectivity index (χ2n) is 4.08. The number of rotatable bonds is 3. The molecule has 0 radical (unpaired) electrons. The molecule has 0 saturated heterocycles. The van der Waals surface area contributed by atoms with Gasteiger partial charge in [0.25, 0.3) is 0 Å². The first-order valence-electron chi connectivity index (χ1n) is 4.59. The van der Waals surface area contributed by atoms with Gasteiger partial charge in [-0.1, -0.05) is 33.6 Å². The van der Waals surface area contributed by atoms with Gasteiger partial charge in [0.05, 0.1) is 6.61 Å². The van der Waals surface area contributed by atoms with Crippen molar-refractivity contribution in [2.75, 3.05) is 6.61 Å². The normalized spacial score (nSPS) is 15.2. The van der Waals surface area contributed by atoms with Crippen LogP contribution in [0.25, 0.3) is 0 Å². The SMILES string of the molecule is Cc1ccc(Br)c(CC(C)(N)CO)c1. The molecule has 2 nitrogen and oxygen atoms in total. The fourth-order valence-electron chi connectivity index (χ4n) is 1.33. The van der Waals surface area contributed by atoms with Gasteiger partial charge in [-0.3, -0.25) is 0 Å². The smallest absolute Gasteiger partial charge is 0.0611 e. The second-order valence-corrected chi connectivity index (χ2v) is 4.94. The molecule has 3 N–H and O–H groups in total. The van der Waals surface area contributed by atoms with Gasteiger partial charge in [0.15, 0.2) is 0 Å². The first kappa shape index (κ1) is 11.7. The predicted molar refractivity (Wildman–Crippen MR) is 62.3 cm³/mol. The minimum atomic E-state index is -0.545. The number of aryl methyl sites for hydroxylation is 1. The minimum Gasteiger partial charge on any atom is -0.394 e. The lowest BCUT2D eigenvalue weighted by Gasteiger charge is -2.22. The summed E-state index contributed by atoms with van der Waals surface area (Å²) in [7, 11) is 0. The molecule has 0 aromatic heterocycles. The Labute approximate surface area is 93.3 Å². The Kier molecular flexibility index (Phi) is 3.70. The summed E-state index contributed by atoms with van der Waals surface area (Å²) in [5.41, 5.74) is 7.70. The highest BCUT2D eigenvalue weighted by Gasteiger charge is 2.18. The third-order valence-corrected chi connectivity index (χ3v) is 2.93. The van der Waals surface area contributed by atoms with E-state index in [0.717, 1.165) is 10.0 Å². The standard InChI is InChI=1S/C11H16BrNO/c1-8-3-4-10(12)9(5-8)6-11(2,13)7-14/h3-5,14H,6-7,13H2,1-2H3. The highest BCUT2D eigenvalue weighted by Crippen LogP contribution is 2.21. The van der Waals surface area contributed by atoms with Crippen LogP contribution in [-0.4, -0.2) is 17.3 Å². The van der Waals surface area contributed by atoms with Crippen molar-refractivity contribution in [3.05, 3.63) is 33.8 Å². The molecule has 1 unspecified atom stereocenters. The summed E-state index contributed by atoms with van der Waals surface area (Å²) in [4.78, 5) is 0. The van der Waals surface area contributed by atoms with Gasteiger partial charge >= 0.3 is 0 Å². The summed E-state index contributed by atoms with van der Waals surface area (Å²) >= 11 is 3.48. The van der Waals surface area contributed by atoms with Crippen LogP contribution in [0.1, 0.15) is 18.1 Å². The molecule has 14 heavy (non-hydrogen) atoms. The van der Waals surface area contributed by atoms with Crippen molar-refractivity contribution in [2.45, 2.75) is 25.8 Å². The molecule has 0 heterocycles. The Balaban J connectivity index is 2.91. The monoisotopic (exact) mass is 257 g/mol. The molecule has 1 aromatic rings. The van der Waals surface area contributed by atoms with E-state index in [4.69, 9.17) is 10.8 Å². The molecule has 78 valence electrons. The lowest BCUT2D eigenvalue weighted by Crippen LogP contribution is -2.42. The van der Waals surface area contributed by atoms with Crippen LogP contribution in [0.3, 0.4) is 0 Å². The van der Waals surface area contributed by atoms with Crippen LogP contribution in [0, 0.1) is 6.92 Å². The van der Waals surface area contributed by atoms with E-state index in [0.29, 0.717) is 6.42 Å². The van der Waals surface area contributed by atoms with Crippen molar-refractivity contribution < 1.29 is 5.11 Å². The summed E-state index contributed by atoms with van der Waals surface area (Å²) in [5, 5.41) is 9.08. The zero-order chi connectivity index (χ0) is 10.8. The van der Waals surface area contributed by atoms with Gasteiger partial charge in [0, 0.05) is 10.0 Å². The zero-order valence-electron chi connectivity index (χ0n) is 8.55. The van der Waals surface area contributed by atoms with Crippen molar-refractivity contribution in [1.29, 1.82) is 0 Å². The summed E-state index contributed by atoms with van der Waals surface area (Å²) in [6.45, 7) is 3.89. The average molecular weight is 258 g/mol. The van der Waals surface area contributed by atoms with E-state index in [1.807, 2.05) is 26.0 Å². The van der Waals surface area contributed by atoms with Crippen molar-refractivity contribution in [3.63, 3.8) is 0 Å². The number of aliphatic hydroxyl groups excluding tert-OH is 1. The Morgan fingerprint density at radius 2 is 2.14 bits per heavy atom. The molecule has 1 aromatic carbocycles. The van der Waals surface area contributed by atoms with Crippen LogP contribution in [0.5, 0.6) is 0 Å². The summed E-state index contributed by atoms with van der Waals surface area (Å²) in [5.74, 6) is 0. The molecular formula is C11H16BrNO. The van der Waals surface area contributed by atoms with E-state index in [1.165, 1.54) is 5.56 Å². The van der Waals surface area contributed by atoms with Crippen molar-refractivity contribution >= 4 is 15.9 Å². The molecule has 1 rings (SSSR count). The van der Waals surface area contributed by atoms with E-state index < -0.39 is 5.54 Å². The van der Waals surface area contributed by atoms with Gasteiger partial charge in [-0.05, 0) is 31.9 Å². The van der Waals surface area contributed by atoms with Crippen LogP contribution >= 0.6 is 15.9 Å². The second kappa shape index (κ2) is 4.43. The van der Waals surface area contributed by atoms with Gasteiger partial charge in [-0.2, -0.15) is 0 Å². The number of benzene rings is 1. The molecule has 0 aliphatic rings. The van der Waals surface area contributed by atoms with Crippen molar-refractivity contribution in [3.8, 4) is 0 Å². The molecule has 0 aliphatic heterocycles. The minimum absolute atomic E-state index is 0.00657. The first-order chi connectivity index (χ1) is 6.44. The van der Waals surface area contributed by atoms with Crippen LogP contribution in [0.4, 0.5) is 0 Å². The Morgan fingerprint density at radius 3 is 2.71 bits per heavy atom. The summed E-state index contributed by atoms with van der Waals surface area (Å²) in [6.07, 6.45) is 0.672. The van der Waals surface area contributed by atoms with E-state index in [1.54, 1.807) is 0 Å². The van der Waals surface area contributed by atoms with E-state index in [9.17, 15) is 0 Å². The Morgan fingerprint density at radius 1 is 1.50 bits per heavy atom. The average Bonchev–Trinajstić information content (AvgIpc) is 2.11. The summed E-state index contributed by atoms with van der Waals surface area (Å²) < 4.78 is 1.05. The van der Waals surface area contributed by atoms with Gasteiger partial charge in [0.1, 0.15) is 0 Å². The largest absolute Gasteiger partial charge is 0.394 e. The maximum atomic E-state index is 9.08. The third-order valence-electron chi connectivity index (χ3n) is 2.16. The predicted octanol–water partition coefficient (Wildman–Crippen LogP) is 2.01. The van der Waals surface area contributed by atoms with E-state index >= 15 is 0 Å². The maximum absolute atomic E-state index is 9.08. The molecule has 0 saturated carbocycles. The third kappa shape index (κ3) is 3.08. The van der Waals surface area contributed by atoms with E-state index in [2.05, 4.69) is 22.0 Å². The van der Waals surface area contributed by atoms with Gasteiger partial charge in [-0.15, -0.1) is 0 Å². The van der Waals surface area contributed by atoms with Crippen molar-refractivity contribution in [2.24, 2.45) is 5.73 Å². The van der Waals surface area contributed by atoms with Gasteiger partial charge < -0.3 is 10.8 Å². The number of nitrogens with two attached hydrogens (primary N) is 1. The van der Waals surface area contributed by atoms with Crippen LogP contribution in [0.2, 0.25) is 0 Å². The number of hydrogen-bond acceptors (Lipinski definition) is 2. The fourth-order valence-corrected chi connectivity index (χ4v) is 1.72. The zero-order valence-corrected chi connectivity index (χ0v) is 10.1. The topological polar surface area (TPSA) is 46.2 Å². The van der Waals surface area contributed by atoms with Crippen LogP contribution < -0.4 is 5.73 Å². The maximum Gasteiger partial charge on any atom is 0.0611 e. The van der Waals surface area contributed by atoms with E-state index in [-0.39, 0.29) is 6.61 Å². The molecule has 1 atom stereocenters. The number of aliphatic hydroxyl groups is 1. The van der Waals surface area contributed by atoms with Crippen LogP contribution in [0.15, 0.2) is 22.7 Å². The van der Waals surface area contributed by atoms with Gasteiger partial charge in [0.2, 0.25) is 0 Å².